The number of carbonyl (C=O) groups is 1. The van der Waals surface area contributed by atoms with Crippen molar-refractivity contribution in [2.75, 3.05) is 26.7 Å². The summed E-state index contributed by atoms with van der Waals surface area (Å²) in [5.41, 5.74) is 2.63. The molecule has 3 aliphatic rings. The molecule has 3 aromatic rings. The van der Waals surface area contributed by atoms with Crippen LogP contribution in [0.2, 0.25) is 0 Å². The SMILES string of the molecule is CN1CCO[C@@](Cc2ccccc2)(C(=O)N2[C@H]3CC[C@H]2CC(Cc2cnc4[nH]ccc4c2)C3)C1. The number of likely N-dealkylation sites (N-methyl/N-ethyl adjacent to an activating group) is 1. The van der Waals surface area contributed by atoms with Crippen LogP contribution in [0.3, 0.4) is 0 Å². The van der Waals surface area contributed by atoms with Gasteiger partial charge < -0.3 is 19.5 Å². The molecule has 1 N–H and O–H groups in total. The van der Waals surface area contributed by atoms with Crippen molar-refractivity contribution >= 4 is 16.9 Å². The van der Waals surface area contributed by atoms with Gasteiger partial charge in [0.05, 0.1) is 6.61 Å². The van der Waals surface area contributed by atoms with Gasteiger partial charge in [-0.3, -0.25) is 4.79 Å². The normalized spacial score (nSPS) is 29.6. The largest absolute Gasteiger partial charge is 0.362 e. The number of morpholine rings is 1. The molecule has 1 amide bonds. The summed E-state index contributed by atoms with van der Waals surface area (Å²) in [5, 5.41) is 1.18. The summed E-state index contributed by atoms with van der Waals surface area (Å²) in [4.78, 5) is 26.5. The Balaban J connectivity index is 1.20. The molecule has 6 rings (SSSR count). The number of nitrogens with zero attached hydrogens (tertiary/aromatic N) is 3. The molecule has 6 nitrogen and oxygen atoms in total. The maximum atomic E-state index is 14.2. The molecule has 6 heteroatoms. The Hall–Kier alpha value is -2.70. The van der Waals surface area contributed by atoms with Crippen LogP contribution in [0.4, 0.5) is 0 Å². The molecule has 3 fully saturated rings. The number of aromatic amines is 1. The van der Waals surface area contributed by atoms with Crippen LogP contribution >= 0.6 is 0 Å². The zero-order chi connectivity index (χ0) is 23.1. The van der Waals surface area contributed by atoms with Crippen LogP contribution in [-0.4, -0.2) is 70.1 Å². The van der Waals surface area contributed by atoms with Gasteiger partial charge in [-0.25, -0.2) is 4.98 Å². The van der Waals surface area contributed by atoms with E-state index in [1.165, 1.54) is 16.5 Å². The van der Waals surface area contributed by atoms with E-state index < -0.39 is 5.60 Å². The summed E-state index contributed by atoms with van der Waals surface area (Å²) < 4.78 is 6.39. The first kappa shape index (κ1) is 21.8. The van der Waals surface area contributed by atoms with E-state index in [4.69, 9.17) is 4.74 Å². The van der Waals surface area contributed by atoms with E-state index in [0.29, 0.717) is 37.6 Å². The molecule has 5 heterocycles. The molecule has 0 unspecified atom stereocenters. The van der Waals surface area contributed by atoms with Gasteiger partial charge in [-0.1, -0.05) is 30.3 Å². The molecule has 0 radical (unpaired) electrons. The molecule has 34 heavy (non-hydrogen) atoms. The van der Waals surface area contributed by atoms with Gasteiger partial charge in [-0.05, 0) is 68.3 Å². The van der Waals surface area contributed by atoms with Crippen LogP contribution in [0.25, 0.3) is 11.0 Å². The van der Waals surface area contributed by atoms with Crippen molar-refractivity contribution in [2.45, 2.75) is 56.2 Å². The van der Waals surface area contributed by atoms with Gasteiger partial charge in [0.2, 0.25) is 0 Å². The highest BCUT2D eigenvalue weighted by Gasteiger charge is 2.52. The van der Waals surface area contributed by atoms with E-state index in [2.05, 4.69) is 63.2 Å². The zero-order valence-corrected chi connectivity index (χ0v) is 20.0. The summed E-state index contributed by atoms with van der Waals surface area (Å²) >= 11 is 0. The number of pyridine rings is 1. The monoisotopic (exact) mass is 458 g/mol. The van der Waals surface area contributed by atoms with Gasteiger partial charge in [0.1, 0.15) is 5.65 Å². The number of ether oxygens (including phenoxy) is 1. The number of piperidine rings is 1. The lowest BCUT2D eigenvalue weighted by atomic mass is 9.83. The average Bonchev–Trinajstić information content (AvgIpc) is 3.40. The van der Waals surface area contributed by atoms with Crippen LogP contribution in [0, 0.1) is 5.92 Å². The molecule has 3 atom stereocenters. The number of aromatic nitrogens is 2. The number of nitrogens with one attached hydrogen (secondary N) is 1. The first-order valence-electron chi connectivity index (χ1n) is 12.7. The maximum absolute atomic E-state index is 14.2. The number of hydrogen-bond donors (Lipinski definition) is 1. The predicted molar refractivity (Wildman–Crippen MR) is 133 cm³/mol. The topological polar surface area (TPSA) is 61.5 Å². The van der Waals surface area contributed by atoms with Crippen molar-refractivity contribution in [2.24, 2.45) is 5.92 Å². The van der Waals surface area contributed by atoms with E-state index in [9.17, 15) is 4.79 Å². The quantitative estimate of drug-likeness (QED) is 0.632. The zero-order valence-electron chi connectivity index (χ0n) is 20.0. The van der Waals surface area contributed by atoms with Crippen molar-refractivity contribution in [1.29, 1.82) is 0 Å². The third kappa shape index (κ3) is 4.03. The molecule has 1 aromatic carbocycles. The van der Waals surface area contributed by atoms with Crippen molar-refractivity contribution in [3.8, 4) is 0 Å². The van der Waals surface area contributed by atoms with Crippen molar-refractivity contribution in [3.63, 3.8) is 0 Å². The molecule has 3 saturated heterocycles. The molecular weight excluding hydrogens is 424 g/mol. The number of fused-ring (bicyclic) bond motifs is 3. The first-order valence-corrected chi connectivity index (χ1v) is 12.7. The van der Waals surface area contributed by atoms with Crippen LogP contribution in [0.5, 0.6) is 0 Å². The molecule has 2 bridgehead atoms. The Morgan fingerprint density at radius 2 is 1.94 bits per heavy atom. The van der Waals surface area contributed by atoms with Gasteiger partial charge in [-0.15, -0.1) is 0 Å². The second kappa shape index (κ2) is 8.82. The standard InChI is InChI=1S/C28H34N4O2/c1-31-11-12-34-28(19-31,17-20-5-3-2-4-6-20)27(33)32-24-7-8-25(32)16-21(15-24)13-22-14-23-9-10-29-26(23)30-18-22/h2-6,9-10,14,18,21,24-25H,7-8,11-13,15-17,19H2,1H3,(H,29,30)/t24-,25-,28+/m0/s1. The van der Waals surface area contributed by atoms with Gasteiger partial charge in [0.15, 0.2) is 5.60 Å². The van der Waals surface area contributed by atoms with E-state index in [1.54, 1.807) is 0 Å². The van der Waals surface area contributed by atoms with Gasteiger partial charge >= 0.3 is 0 Å². The molecule has 2 aromatic heterocycles. The van der Waals surface area contributed by atoms with E-state index in [0.717, 1.165) is 44.3 Å². The van der Waals surface area contributed by atoms with Gasteiger partial charge in [0, 0.05) is 49.4 Å². The Morgan fingerprint density at radius 1 is 1.15 bits per heavy atom. The summed E-state index contributed by atoms with van der Waals surface area (Å²) in [6.45, 7) is 2.14. The summed E-state index contributed by atoms with van der Waals surface area (Å²) in [6.07, 6.45) is 10.0. The lowest BCUT2D eigenvalue weighted by Gasteiger charge is -2.47. The second-order valence-electron chi connectivity index (χ2n) is 10.6. The van der Waals surface area contributed by atoms with Crippen molar-refractivity contribution < 1.29 is 9.53 Å². The lowest BCUT2D eigenvalue weighted by Crippen LogP contribution is -2.64. The minimum Gasteiger partial charge on any atom is -0.362 e. The van der Waals surface area contributed by atoms with Crippen LogP contribution in [-0.2, 0) is 22.4 Å². The fourth-order valence-electron chi connectivity index (χ4n) is 6.65. The summed E-state index contributed by atoms with van der Waals surface area (Å²) in [5.74, 6) is 0.809. The van der Waals surface area contributed by atoms with Crippen LogP contribution in [0.1, 0.15) is 36.8 Å². The Bertz CT molecular complexity index is 1150. The number of carbonyl (C=O) groups excluding carboxylic acids is 1. The molecular formula is C28H34N4O2. The van der Waals surface area contributed by atoms with Gasteiger partial charge in [-0.2, -0.15) is 0 Å². The smallest absolute Gasteiger partial charge is 0.257 e. The second-order valence-corrected chi connectivity index (χ2v) is 10.6. The van der Waals surface area contributed by atoms with Crippen LogP contribution < -0.4 is 0 Å². The molecule has 0 saturated carbocycles. The summed E-state index contributed by atoms with van der Waals surface area (Å²) in [6, 6.07) is 15.4. The Morgan fingerprint density at radius 3 is 2.71 bits per heavy atom. The Kier molecular flexibility index (Phi) is 5.66. The lowest BCUT2D eigenvalue weighted by molar-refractivity contribution is -0.174. The molecule has 3 aliphatic heterocycles. The minimum absolute atomic E-state index is 0.212. The van der Waals surface area contributed by atoms with Crippen molar-refractivity contribution in [3.05, 3.63) is 66.0 Å². The van der Waals surface area contributed by atoms with Gasteiger partial charge in [0.25, 0.3) is 5.91 Å². The maximum Gasteiger partial charge on any atom is 0.257 e. The Labute approximate surface area is 201 Å². The number of rotatable bonds is 5. The minimum atomic E-state index is -0.786. The van der Waals surface area contributed by atoms with E-state index in [-0.39, 0.29) is 5.91 Å². The third-order valence-corrected chi connectivity index (χ3v) is 8.15. The number of benzene rings is 1. The third-order valence-electron chi connectivity index (χ3n) is 8.15. The fourth-order valence-corrected chi connectivity index (χ4v) is 6.65. The van der Waals surface area contributed by atoms with Crippen LogP contribution in [0.15, 0.2) is 54.9 Å². The number of hydrogen-bond acceptors (Lipinski definition) is 4. The average molecular weight is 459 g/mol. The first-order chi connectivity index (χ1) is 16.6. The molecule has 178 valence electrons. The highest BCUT2D eigenvalue weighted by atomic mass is 16.5. The number of H-pyrrole nitrogens is 1. The number of amides is 1. The highest BCUT2D eigenvalue weighted by Crippen LogP contribution is 2.42. The fraction of sp³-hybridized carbons (Fsp3) is 0.500. The molecule has 0 aliphatic carbocycles. The predicted octanol–water partition coefficient (Wildman–Crippen LogP) is 3.82. The van der Waals surface area contributed by atoms with E-state index >= 15 is 0 Å². The van der Waals surface area contributed by atoms with Crippen molar-refractivity contribution in [1.82, 2.24) is 19.8 Å². The molecule has 0 spiro atoms. The summed E-state index contributed by atoms with van der Waals surface area (Å²) in [7, 11) is 2.10. The van der Waals surface area contributed by atoms with E-state index in [1.807, 2.05) is 18.5 Å². The highest BCUT2D eigenvalue weighted by molar-refractivity contribution is 5.87.